The van der Waals surface area contributed by atoms with Crippen molar-refractivity contribution in [2.75, 3.05) is 40.3 Å². The molecule has 8 heteroatoms. The lowest BCUT2D eigenvalue weighted by Crippen LogP contribution is -2.31. The average Bonchev–Trinajstić information content (AvgIpc) is 3.20. The topological polar surface area (TPSA) is 82.6 Å². The van der Waals surface area contributed by atoms with Crippen LogP contribution in [0.15, 0.2) is 11.8 Å². The molecule has 1 N–H and O–H groups in total. The number of ketones is 2. The predicted octanol–water partition coefficient (Wildman–Crippen LogP) is 0.793. The maximum Gasteiger partial charge on any atom is 0.282 e. The van der Waals surface area contributed by atoms with Gasteiger partial charge in [-0.1, -0.05) is 0 Å². The molecule has 1 aromatic rings. The zero-order chi connectivity index (χ0) is 17.3. The van der Waals surface area contributed by atoms with Gasteiger partial charge in [0.1, 0.15) is 10.6 Å². The van der Waals surface area contributed by atoms with Crippen LogP contribution in [0.4, 0.5) is 0 Å². The minimum atomic E-state index is -0.325. The first-order valence-corrected chi connectivity index (χ1v) is 8.78. The van der Waals surface area contributed by atoms with Crippen molar-refractivity contribution in [3.63, 3.8) is 0 Å². The Bertz CT molecular complexity index is 717. The molecule has 128 valence electrons. The monoisotopic (exact) mass is 348 g/mol. The molecule has 7 nitrogen and oxygen atoms in total. The molecule has 0 radical (unpaired) electrons. The number of hydrogen-bond acceptors (Lipinski definition) is 7. The third-order valence-corrected chi connectivity index (χ3v) is 5.08. The van der Waals surface area contributed by atoms with E-state index in [0.29, 0.717) is 19.6 Å². The molecule has 1 fully saturated rings. The Balaban J connectivity index is 1.77. The van der Waals surface area contributed by atoms with Crippen LogP contribution in [0.2, 0.25) is 0 Å². The van der Waals surface area contributed by atoms with Crippen LogP contribution in [0.3, 0.4) is 0 Å². The summed E-state index contributed by atoms with van der Waals surface area (Å²) in [5, 5.41) is 3.23. The summed E-state index contributed by atoms with van der Waals surface area (Å²) in [6.07, 6.45) is 3.25. The zero-order valence-corrected chi connectivity index (χ0v) is 14.6. The average molecular weight is 348 g/mol. The summed E-state index contributed by atoms with van der Waals surface area (Å²) in [5.74, 6) is -0.773. The molecule has 3 rings (SSSR count). The number of likely N-dealkylation sites (tertiary alicyclic amines) is 1. The van der Waals surface area contributed by atoms with Gasteiger partial charge in [-0.15, -0.1) is 11.3 Å². The number of Topliss-reactive ketones (excluding diaryl/α,β-unsaturated/α-hetero) is 1. The summed E-state index contributed by atoms with van der Waals surface area (Å²) < 4.78 is 0. The highest BCUT2D eigenvalue weighted by Crippen LogP contribution is 2.27. The number of rotatable bonds is 5. The van der Waals surface area contributed by atoms with E-state index in [4.69, 9.17) is 0 Å². The van der Waals surface area contributed by atoms with Gasteiger partial charge in [0.05, 0.1) is 5.70 Å². The van der Waals surface area contributed by atoms with Gasteiger partial charge in [-0.3, -0.25) is 14.4 Å². The number of hydrogen-bond donors (Lipinski definition) is 1. The van der Waals surface area contributed by atoms with Gasteiger partial charge in [0.25, 0.3) is 5.91 Å². The number of carbonyl (C=O) groups excluding carboxylic acids is 3. The fraction of sp³-hybridized carbons (Fsp3) is 0.500. The summed E-state index contributed by atoms with van der Waals surface area (Å²) in [4.78, 5) is 45.3. The molecule has 1 aliphatic heterocycles. The Hall–Kier alpha value is -2.06. The number of nitrogens with one attached hydrogen (secondary N) is 1. The van der Waals surface area contributed by atoms with Crippen molar-refractivity contribution < 1.29 is 14.4 Å². The Morgan fingerprint density at radius 2 is 2.04 bits per heavy atom. The van der Waals surface area contributed by atoms with E-state index in [1.165, 1.54) is 6.08 Å². The molecule has 1 amide bonds. The van der Waals surface area contributed by atoms with Crippen LogP contribution in [0, 0.1) is 0 Å². The molecule has 1 aromatic heterocycles. The minimum Gasteiger partial charge on any atom is -0.380 e. The Morgan fingerprint density at radius 3 is 2.71 bits per heavy atom. The van der Waals surface area contributed by atoms with Gasteiger partial charge in [-0.25, -0.2) is 4.98 Å². The van der Waals surface area contributed by atoms with E-state index in [1.54, 1.807) is 4.90 Å². The van der Waals surface area contributed by atoms with Gasteiger partial charge >= 0.3 is 0 Å². The quantitative estimate of drug-likeness (QED) is 0.847. The van der Waals surface area contributed by atoms with E-state index < -0.39 is 0 Å². The number of amides is 1. The Kier molecular flexibility index (Phi) is 4.77. The number of allylic oxidation sites excluding steroid dienone is 2. The van der Waals surface area contributed by atoms with E-state index in [9.17, 15) is 14.4 Å². The van der Waals surface area contributed by atoms with Crippen LogP contribution in [0.25, 0.3) is 0 Å². The summed E-state index contributed by atoms with van der Waals surface area (Å²) in [6, 6.07) is 0. The summed E-state index contributed by atoms with van der Waals surface area (Å²) in [5.41, 5.74) is 0.379. The van der Waals surface area contributed by atoms with E-state index in [-0.39, 0.29) is 38.7 Å². The lowest BCUT2D eigenvalue weighted by molar-refractivity contribution is 0.0792. The predicted molar refractivity (Wildman–Crippen MR) is 90.6 cm³/mol. The van der Waals surface area contributed by atoms with Gasteiger partial charge in [-0.05, 0) is 26.9 Å². The maximum atomic E-state index is 12.5. The molecule has 1 aliphatic carbocycles. The van der Waals surface area contributed by atoms with E-state index in [1.807, 2.05) is 19.0 Å². The number of aromatic nitrogens is 1. The van der Waals surface area contributed by atoms with Gasteiger partial charge < -0.3 is 15.1 Å². The second-order valence-corrected chi connectivity index (χ2v) is 7.18. The normalized spacial score (nSPS) is 17.3. The molecule has 0 bridgehead atoms. The molecule has 0 saturated carbocycles. The van der Waals surface area contributed by atoms with E-state index in [2.05, 4.69) is 10.3 Å². The molecule has 0 atom stereocenters. The van der Waals surface area contributed by atoms with E-state index in [0.717, 1.165) is 30.7 Å². The highest BCUT2D eigenvalue weighted by Gasteiger charge is 2.32. The Morgan fingerprint density at radius 1 is 1.33 bits per heavy atom. The van der Waals surface area contributed by atoms with Crippen LogP contribution in [-0.2, 0) is 0 Å². The minimum absolute atomic E-state index is 0.103. The third kappa shape index (κ3) is 3.25. The van der Waals surface area contributed by atoms with Crippen molar-refractivity contribution in [1.82, 2.24) is 20.1 Å². The standard InChI is InChI=1S/C16H20N4O3S/c1-19(2)8-5-17-10-9-11(21)12-14(13(10)22)24-15(18-12)16(23)20-6-3-4-7-20/h9,17H,3-8H2,1-2H3. The first kappa shape index (κ1) is 16.8. The fourth-order valence-electron chi connectivity index (χ4n) is 2.72. The molecule has 2 heterocycles. The van der Waals surface area contributed by atoms with Crippen molar-refractivity contribution in [1.29, 1.82) is 0 Å². The van der Waals surface area contributed by atoms with Gasteiger partial charge in [0, 0.05) is 32.3 Å². The molecule has 24 heavy (non-hydrogen) atoms. The number of thiazole rings is 1. The first-order valence-electron chi connectivity index (χ1n) is 7.97. The smallest absolute Gasteiger partial charge is 0.282 e. The van der Waals surface area contributed by atoms with Crippen molar-refractivity contribution in [2.24, 2.45) is 0 Å². The second-order valence-electron chi connectivity index (χ2n) is 6.18. The van der Waals surface area contributed by atoms with Gasteiger partial charge in [0.15, 0.2) is 5.01 Å². The second kappa shape index (κ2) is 6.82. The van der Waals surface area contributed by atoms with Crippen LogP contribution < -0.4 is 5.32 Å². The lowest BCUT2D eigenvalue weighted by Gasteiger charge is -2.15. The van der Waals surface area contributed by atoms with E-state index >= 15 is 0 Å². The van der Waals surface area contributed by atoms with Crippen molar-refractivity contribution in [3.05, 3.63) is 27.4 Å². The molecule has 2 aliphatic rings. The van der Waals surface area contributed by atoms with Crippen molar-refractivity contribution in [3.8, 4) is 0 Å². The number of likely N-dealkylation sites (N-methyl/N-ethyl adjacent to an activating group) is 1. The number of fused-ring (bicyclic) bond motifs is 1. The fourth-order valence-corrected chi connectivity index (χ4v) is 3.71. The molecule has 0 aromatic carbocycles. The summed E-state index contributed by atoms with van der Waals surface area (Å²) >= 11 is 1.02. The molecular formula is C16H20N4O3S. The third-order valence-electron chi connectivity index (χ3n) is 4.04. The molecule has 0 spiro atoms. The van der Waals surface area contributed by atoms with Crippen LogP contribution in [0.1, 0.15) is 42.8 Å². The van der Waals surface area contributed by atoms with Crippen LogP contribution >= 0.6 is 11.3 Å². The zero-order valence-electron chi connectivity index (χ0n) is 13.8. The van der Waals surface area contributed by atoms with Crippen LogP contribution in [0.5, 0.6) is 0 Å². The van der Waals surface area contributed by atoms with Crippen molar-refractivity contribution >= 4 is 28.8 Å². The summed E-state index contributed by atoms with van der Waals surface area (Å²) in [6.45, 7) is 2.72. The molecule has 1 saturated heterocycles. The summed E-state index contributed by atoms with van der Waals surface area (Å²) in [7, 11) is 3.86. The largest absolute Gasteiger partial charge is 0.380 e. The first-order chi connectivity index (χ1) is 11.5. The number of carbonyl (C=O) groups is 3. The Labute approximate surface area is 144 Å². The van der Waals surface area contributed by atoms with Crippen LogP contribution in [-0.4, -0.2) is 72.5 Å². The highest BCUT2D eigenvalue weighted by atomic mass is 32.1. The van der Waals surface area contributed by atoms with Gasteiger partial charge in [0.2, 0.25) is 11.6 Å². The van der Waals surface area contributed by atoms with Crippen molar-refractivity contribution in [2.45, 2.75) is 12.8 Å². The molecule has 0 unspecified atom stereocenters. The molecular weight excluding hydrogens is 328 g/mol. The number of nitrogens with zero attached hydrogens (tertiary/aromatic N) is 3. The van der Waals surface area contributed by atoms with Gasteiger partial charge in [-0.2, -0.15) is 0 Å². The SMILES string of the molecule is CN(C)CCNC1=CC(=O)c2nc(C(=O)N3CCCC3)sc2C1=O. The maximum absolute atomic E-state index is 12.5. The highest BCUT2D eigenvalue weighted by molar-refractivity contribution is 7.16. The lowest BCUT2D eigenvalue weighted by atomic mass is 10.0.